The van der Waals surface area contributed by atoms with Crippen LogP contribution in [0, 0.1) is 17.8 Å². The molecule has 1 saturated carbocycles. The molecule has 1 rings (SSSR count). The standard InChI is InChI=1S/C11H22O/c1-8(2)11(12,9(3)4)10-6-5-7-10/h8-10,12H,5-7H2,1-4H3. The Labute approximate surface area is 76.2 Å². The number of rotatable bonds is 3. The van der Waals surface area contributed by atoms with Gasteiger partial charge in [-0.05, 0) is 30.6 Å². The van der Waals surface area contributed by atoms with Crippen LogP contribution in [0.2, 0.25) is 0 Å². The van der Waals surface area contributed by atoms with Crippen molar-refractivity contribution in [2.24, 2.45) is 17.8 Å². The molecule has 0 saturated heterocycles. The zero-order valence-electron chi connectivity index (χ0n) is 8.80. The van der Waals surface area contributed by atoms with Crippen molar-refractivity contribution in [3.05, 3.63) is 0 Å². The lowest BCUT2D eigenvalue weighted by molar-refractivity contribution is -0.119. The van der Waals surface area contributed by atoms with Crippen LogP contribution in [-0.2, 0) is 0 Å². The molecule has 0 aromatic carbocycles. The minimum atomic E-state index is -0.405. The summed E-state index contributed by atoms with van der Waals surface area (Å²) in [7, 11) is 0. The summed E-state index contributed by atoms with van der Waals surface area (Å²) in [5.41, 5.74) is -0.405. The quantitative estimate of drug-likeness (QED) is 0.690. The highest BCUT2D eigenvalue weighted by Gasteiger charge is 2.44. The summed E-state index contributed by atoms with van der Waals surface area (Å²) in [6.07, 6.45) is 3.77. The van der Waals surface area contributed by atoms with E-state index in [0.717, 1.165) is 0 Å². The Morgan fingerprint density at radius 1 is 1.08 bits per heavy atom. The normalized spacial score (nSPS) is 20.2. The first kappa shape index (κ1) is 10.0. The predicted octanol–water partition coefficient (Wildman–Crippen LogP) is 2.83. The van der Waals surface area contributed by atoms with Crippen molar-refractivity contribution < 1.29 is 5.11 Å². The molecule has 0 atom stereocenters. The topological polar surface area (TPSA) is 20.2 Å². The average Bonchev–Trinajstić information content (AvgIpc) is 1.82. The van der Waals surface area contributed by atoms with E-state index in [0.29, 0.717) is 17.8 Å². The first-order chi connectivity index (χ1) is 5.49. The van der Waals surface area contributed by atoms with Gasteiger partial charge in [0.15, 0.2) is 0 Å². The second-order valence-electron chi connectivity index (χ2n) is 4.82. The SMILES string of the molecule is CC(C)C(O)(C(C)C)C1CCC1. The molecule has 1 fully saturated rings. The van der Waals surface area contributed by atoms with Crippen LogP contribution in [0.4, 0.5) is 0 Å². The second kappa shape index (κ2) is 3.37. The minimum absolute atomic E-state index is 0.391. The van der Waals surface area contributed by atoms with Crippen LogP contribution in [0.1, 0.15) is 47.0 Å². The van der Waals surface area contributed by atoms with Gasteiger partial charge in [0.25, 0.3) is 0 Å². The summed E-state index contributed by atoms with van der Waals surface area (Å²) < 4.78 is 0. The van der Waals surface area contributed by atoms with E-state index in [9.17, 15) is 5.11 Å². The van der Waals surface area contributed by atoms with Crippen molar-refractivity contribution in [1.82, 2.24) is 0 Å². The molecule has 0 aromatic rings. The zero-order chi connectivity index (χ0) is 9.35. The van der Waals surface area contributed by atoms with Gasteiger partial charge in [-0.15, -0.1) is 0 Å². The van der Waals surface area contributed by atoms with Crippen LogP contribution in [0.3, 0.4) is 0 Å². The van der Waals surface area contributed by atoms with E-state index in [-0.39, 0.29) is 0 Å². The Balaban J connectivity index is 2.70. The van der Waals surface area contributed by atoms with Crippen LogP contribution >= 0.6 is 0 Å². The van der Waals surface area contributed by atoms with Crippen molar-refractivity contribution in [2.75, 3.05) is 0 Å². The molecule has 12 heavy (non-hydrogen) atoms. The van der Waals surface area contributed by atoms with Crippen LogP contribution in [0.25, 0.3) is 0 Å². The number of aliphatic hydroxyl groups is 1. The van der Waals surface area contributed by atoms with Crippen LogP contribution in [0.15, 0.2) is 0 Å². The Bertz CT molecular complexity index is 137. The summed E-state index contributed by atoms with van der Waals surface area (Å²) in [5, 5.41) is 10.5. The lowest BCUT2D eigenvalue weighted by atomic mass is 9.63. The monoisotopic (exact) mass is 170 g/mol. The molecule has 0 bridgehead atoms. The summed E-state index contributed by atoms with van der Waals surface area (Å²) in [6.45, 7) is 8.55. The lowest BCUT2D eigenvalue weighted by Crippen LogP contribution is -2.50. The Morgan fingerprint density at radius 3 is 1.58 bits per heavy atom. The maximum Gasteiger partial charge on any atom is 0.0721 e. The third kappa shape index (κ3) is 1.39. The highest BCUT2D eigenvalue weighted by molar-refractivity contribution is 4.95. The third-order valence-electron chi connectivity index (χ3n) is 3.61. The first-order valence-electron chi connectivity index (χ1n) is 5.22. The third-order valence-corrected chi connectivity index (χ3v) is 3.61. The Morgan fingerprint density at radius 2 is 1.50 bits per heavy atom. The van der Waals surface area contributed by atoms with E-state index < -0.39 is 5.60 Å². The van der Waals surface area contributed by atoms with Crippen molar-refractivity contribution >= 4 is 0 Å². The molecule has 0 aromatic heterocycles. The molecular weight excluding hydrogens is 148 g/mol. The molecule has 0 spiro atoms. The summed E-state index contributed by atoms with van der Waals surface area (Å²) in [4.78, 5) is 0. The van der Waals surface area contributed by atoms with Gasteiger partial charge in [0.1, 0.15) is 0 Å². The fourth-order valence-corrected chi connectivity index (χ4v) is 2.48. The predicted molar refractivity (Wildman–Crippen MR) is 52.0 cm³/mol. The van der Waals surface area contributed by atoms with Crippen molar-refractivity contribution in [2.45, 2.75) is 52.6 Å². The van der Waals surface area contributed by atoms with Crippen molar-refractivity contribution in [3.63, 3.8) is 0 Å². The molecule has 72 valence electrons. The van der Waals surface area contributed by atoms with Gasteiger partial charge in [-0.25, -0.2) is 0 Å². The minimum Gasteiger partial charge on any atom is -0.389 e. The molecule has 0 aliphatic heterocycles. The van der Waals surface area contributed by atoms with Gasteiger partial charge in [-0.3, -0.25) is 0 Å². The average molecular weight is 170 g/mol. The van der Waals surface area contributed by atoms with Crippen molar-refractivity contribution in [1.29, 1.82) is 0 Å². The van der Waals surface area contributed by atoms with E-state index in [4.69, 9.17) is 0 Å². The van der Waals surface area contributed by atoms with E-state index in [1.165, 1.54) is 19.3 Å². The highest BCUT2D eigenvalue weighted by Crippen LogP contribution is 2.44. The van der Waals surface area contributed by atoms with Crippen LogP contribution in [0.5, 0.6) is 0 Å². The van der Waals surface area contributed by atoms with E-state index >= 15 is 0 Å². The van der Waals surface area contributed by atoms with Gasteiger partial charge in [0.05, 0.1) is 5.60 Å². The molecule has 0 amide bonds. The van der Waals surface area contributed by atoms with E-state index in [1.807, 2.05) is 0 Å². The van der Waals surface area contributed by atoms with E-state index in [2.05, 4.69) is 27.7 Å². The van der Waals surface area contributed by atoms with Crippen LogP contribution < -0.4 is 0 Å². The van der Waals surface area contributed by atoms with Gasteiger partial charge in [0.2, 0.25) is 0 Å². The zero-order valence-corrected chi connectivity index (χ0v) is 8.80. The molecular formula is C11H22O. The van der Waals surface area contributed by atoms with Gasteiger partial charge in [-0.2, -0.15) is 0 Å². The maximum absolute atomic E-state index is 10.5. The molecule has 0 unspecified atom stereocenters. The maximum atomic E-state index is 10.5. The Kier molecular flexibility index (Phi) is 2.82. The van der Waals surface area contributed by atoms with E-state index in [1.54, 1.807) is 0 Å². The lowest BCUT2D eigenvalue weighted by Gasteiger charge is -2.47. The summed E-state index contributed by atoms with van der Waals surface area (Å²) in [6, 6.07) is 0. The molecule has 1 aliphatic carbocycles. The Hall–Kier alpha value is -0.0400. The fourth-order valence-electron chi connectivity index (χ4n) is 2.48. The summed E-state index contributed by atoms with van der Waals surface area (Å²) >= 11 is 0. The molecule has 1 heteroatoms. The van der Waals surface area contributed by atoms with Crippen LogP contribution in [-0.4, -0.2) is 10.7 Å². The molecule has 1 aliphatic rings. The molecule has 0 heterocycles. The molecule has 1 N–H and O–H groups in total. The largest absolute Gasteiger partial charge is 0.389 e. The van der Waals surface area contributed by atoms with Gasteiger partial charge in [-0.1, -0.05) is 34.1 Å². The highest BCUT2D eigenvalue weighted by atomic mass is 16.3. The second-order valence-corrected chi connectivity index (χ2v) is 4.82. The van der Waals surface area contributed by atoms with Gasteiger partial charge < -0.3 is 5.11 Å². The van der Waals surface area contributed by atoms with Crippen molar-refractivity contribution in [3.8, 4) is 0 Å². The smallest absolute Gasteiger partial charge is 0.0721 e. The number of hydrogen-bond donors (Lipinski definition) is 1. The first-order valence-corrected chi connectivity index (χ1v) is 5.22. The molecule has 0 radical (unpaired) electrons. The van der Waals surface area contributed by atoms with Gasteiger partial charge >= 0.3 is 0 Å². The fraction of sp³-hybridized carbons (Fsp3) is 1.00. The molecule has 1 nitrogen and oxygen atoms in total. The van der Waals surface area contributed by atoms with Gasteiger partial charge in [0, 0.05) is 0 Å². The number of hydrogen-bond acceptors (Lipinski definition) is 1. The summed E-state index contributed by atoms with van der Waals surface area (Å²) in [5.74, 6) is 1.35.